The van der Waals surface area contributed by atoms with Crippen LogP contribution in [0.15, 0.2) is 24.3 Å². The number of rotatable bonds is 18. The van der Waals surface area contributed by atoms with E-state index in [1.165, 1.54) is 32.4 Å². The van der Waals surface area contributed by atoms with Crippen LogP contribution >= 0.6 is 0 Å². The summed E-state index contributed by atoms with van der Waals surface area (Å²) in [4.78, 5) is 13.2. The normalized spacial score (nSPS) is 14.1. The van der Waals surface area contributed by atoms with Gasteiger partial charge in [0.1, 0.15) is 16.2 Å². The van der Waals surface area contributed by atoms with Crippen molar-refractivity contribution in [3.05, 3.63) is 24.3 Å². The Bertz CT molecular complexity index is 874. The van der Waals surface area contributed by atoms with Gasteiger partial charge in [-0.05, 0) is 69.5 Å². The van der Waals surface area contributed by atoms with Gasteiger partial charge in [-0.2, -0.15) is 13.2 Å². The molecule has 0 aliphatic carbocycles. The lowest BCUT2D eigenvalue weighted by Gasteiger charge is -2.33. The van der Waals surface area contributed by atoms with Crippen LogP contribution in [0, 0.1) is 0 Å². The van der Waals surface area contributed by atoms with Gasteiger partial charge in [0.25, 0.3) is 0 Å². The molecule has 5 nitrogen and oxygen atoms in total. The number of hydrogen-bond acceptors (Lipinski definition) is 4. The van der Waals surface area contributed by atoms with Crippen LogP contribution in [-0.2, 0) is 17.1 Å². The van der Waals surface area contributed by atoms with Gasteiger partial charge >= 0.3 is 15.5 Å². The Kier molecular flexibility index (Phi) is 15.9. The van der Waals surface area contributed by atoms with E-state index in [4.69, 9.17) is 12.3 Å². The highest BCUT2D eigenvalue weighted by atomic mass is 28.4. The van der Waals surface area contributed by atoms with Crippen molar-refractivity contribution in [1.29, 1.82) is 0 Å². The second-order valence-electron chi connectivity index (χ2n) is 12.3. The SMILES string of the molecule is CN(C(=O)CC(F)(F)F)c1cccc([Si](C)(C)CC[Si](C)(C)O[SiH](CCCCC[SiH2]O[SiH](C)C)O[SiH](C)C)c1. The van der Waals surface area contributed by atoms with Gasteiger partial charge in [-0.3, -0.25) is 4.79 Å². The number of anilines is 1. The molecule has 1 aromatic carbocycles. The minimum absolute atomic E-state index is 0.327. The third-order valence-electron chi connectivity index (χ3n) is 6.75. The molecule has 0 aliphatic heterocycles. The zero-order chi connectivity index (χ0) is 29.9. The molecular formula is C25H52F3NO4Si6. The molecule has 0 saturated heterocycles. The molecular weight excluding hydrogens is 604 g/mol. The first-order valence-electron chi connectivity index (χ1n) is 14.3. The summed E-state index contributed by atoms with van der Waals surface area (Å²) in [5, 5.41) is 1.14. The van der Waals surface area contributed by atoms with E-state index in [1.807, 2.05) is 12.1 Å². The van der Waals surface area contributed by atoms with Crippen molar-refractivity contribution in [2.24, 2.45) is 0 Å². The highest BCUT2D eigenvalue weighted by Crippen LogP contribution is 2.26. The molecule has 14 heteroatoms. The molecule has 0 heterocycles. The standard InChI is InChI=1S/C25H52F3NO4Si6/c1-29(24(30)21-25(26,27)28)22-14-13-15-23(20-22)38(6,7)18-19-39(8,9)33-37(32-36(4)5)17-12-10-11-16-34-31-35(2)3/h13-15,20,35-37H,10-12,16-19,21,34H2,1-9H3. The van der Waals surface area contributed by atoms with E-state index in [1.54, 1.807) is 6.07 Å². The predicted octanol–water partition coefficient (Wildman–Crippen LogP) is 5.63. The molecule has 1 amide bonds. The lowest BCUT2D eigenvalue weighted by Crippen LogP contribution is -2.46. The lowest BCUT2D eigenvalue weighted by molar-refractivity contribution is -0.151. The van der Waals surface area contributed by atoms with Crippen LogP contribution in [-0.4, -0.2) is 72.6 Å². The van der Waals surface area contributed by atoms with Gasteiger partial charge in [0.05, 0.1) is 8.07 Å². The van der Waals surface area contributed by atoms with Gasteiger partial charge in [0.15, 0.2) is 26.4 Å². The Morgan fingerprint density at radius 3 is 2.26 bits per heavy atom. The van der Waals surface area contributed by atoms with Crippen molar-refractivity contribution in [2.75, 3.05) is 11.9 Å². The maximum Gasteiger partial charge on any atom is 0.397 e. The smallest absolute Gasteiger partial charge is 0.397 e. The second-order valence-corrected chi connectivity index (χ2v) is 31.3. The zero-order valence-electron chi connectivity index (χ0n) is 25.6. The number of amides is 1. The van der Waals surface area contributed by atoms with Crippen molar-refractivity contribution >= 4 is 70.3 Å². The van der Waals surface area contributed by atoms with E-state index in [0.717, 1.165) is 28.2 Å². The van der Waals surface area contributed by atoms with Crippen molar-refractivity contribution in [3.8, 4) is 0 Å². The summed E-state index contributed by atoms with van der Waals surface area (Å²) in [6.07, 6.45) is -2.31. The number of alkyl halides is 3. The Labute approximate surface area is 244 Å². The number of carbonyl (C=O) groups excluding carboxylic acids is 1. The van der Waals surface area contributed by atoms with E-state index in [0.29, 0.717) is 5.69 Å². The van der Waals surface area contributed by atoms with Crippen LogP contribution in [0.25, 0.3) is 0 Å². The van der Waals surface area contributed by atoms with Gasteiger partial charge in [0, 0.05) is 12.7 Å². The van der Waals surface area contributed by atoms with Crippen molar-refractivity contribution in [3.63, 3.8) is 0 Å². The zero-order valence-corrected chi connectivity index (χ0v) is 32.5. The maximum atomic E-state index is 12.7. The molecule has 0 aliphatic rings. The van der Waals surface area contributed by atoms with Crippen molar-refractivity contribution < 1.29 is 30.3 Å². The third-order valence-corrected chi connectivity index (χ3v) is 24.4. The van der Waals surface area contributed by atoms with E-state index < -0.39 is 62.3 Å². The van der Waals surface area contributed by atoms with Crippen LogP contribution in [0.1, 0.15) is 25.7 Å². The molecule has 0 aromatic heterocycles. The number of halogens is 3. The summed E-state index contributed by atoms with van der Waals surface area (Å²) in [7, 11) is -6.53. The van der Waals surface area contributed by atoms with Crippen LogP contribution in [0.2, 0.25) is 76.6 Å². The summed E-state index contributed by atoms with van der Waals surface area (Å²) in [6, 6.07) is 11.9. The summed E-state index contributed by atoms with van der Waals surface area (Å²) in [6.45, 7) is 18.1. The van der Waals surface area contributed by atoms with Gasteiger partial charge in [-0.25, -0.2) is 0 Å². The summed E-state index contributed by atoms with van der Waals surface area (Å²) in [5.74, 6) is -0.946. The molecule has 1 rings (SSSR count). The first-order valence-corrected chi connectivity index (χ1v) is 29.5. The van der Waals surface area contributed by atoms with Gasteiger partial charge in [-0.15, -0.1) is 0 Å². The second kappa shape index (κ2) is 16.9. The Morgan fingerprint density at radius 2 is 1.67 bits per heavy atom. The molecule has 39 heavy (non-hydrogen) atoms. The Balaban J connectivity index is 2.73. The topological polar surface area (TPSA) is 48.0 Å². The molecule has 0 N–H and O–H groups in total. The molecule has 1 aromatic rings. The molecule has 0 spiro atoms. The monoisotopic (exact) mass is 655 g/mol. The quantitative estimate of drug-likeness (QED) is 0.152. The first-order chi connectivity index (χ1) is 17.9. The maximum absolute atomic E-state index is 12.7. The largest absolute Gasteiger partial charge is 0.463 e. The molecule has 226 valence electrons. The minimum Gasteiger partial charge on any atom is -0.463 e. The van der Waals surface area contributed by atoms with E-state index >= 15 is 0 Å². The van der Waals surface area contributed by atoms with Crippen molar-refractivity contribution in [1.82, 2.24) is 0 Å². The molecule has 1 atom stereocenters. The van der Waals surface area contributed by atoms with Crippen LogP contribution in [0.5, 0.6) is 0 Å². The van der Waals surface area contributed by atoms with Gasteiger partial charge in [-0.1, -0.05) is 55.7 Å². The summed E-state index contributed by atoms with van der Waals surface area (Å²) < 4.78 is 57.3. The molecule has 0 bridgehead atoms. The molecule has 0 fully saturated rings. The van der Waals surface area contributed by atoms with Crippen LogP contribution in [0.4, 0.5) is 18.9 Å². The van der Waals surface area contributed by atoms with E-state index in [-0.39, 0.29) is 9.76 Å². The molecule has 0 radical (unpaired) electrons. The first kappa shape index (κ1) is 36.7. The summed E-state index contributed by atoms with van der Waals surface area (Å²) in [5.41, 5.74) is 0.512. The number of carbonyl (C=O) groups is 1. The van der Waals surface area contributed by atoms with Gasteiger partial charge < -0.3 is 17.2 Å². The average molecular weight is 656 g/mol. The highest BCUT2D eigenvalue weighted by Gasteiger charge is 2.35. The Hall–Kier alpha value is -0.339. The van der Waals surface area contributed by atoms with Crippen LogP contribution < -0.4 is 10.1 Å². The molecule has 0 saturated carbocycles. The average Bonchev–Trinajstić information content (AvgIpc) is 2.80. The summed E-state index contributed by atoms with van der Waals surface area (Å²) >= 11 is 0. The number of unbranched alkanes of at least 4 members (excludes halogenated alkanes) is 2. The highest BCUT2D eigenvalue weighted by molar-refractivity contribution is 6.91. The minimum atomic E-state index is -4.51. The fraction of sp³-hybridized carbons (Fsp3) is 0.720. The fourth-order valence-electron chi connectivity index (χ4n) is 4.29. The third kappa shape index (κ3) is 16.0. The molecule has 1 unspecified atom stereocenters. The number of nitrogens with zero attached hydrogens (tertiary/aromatic N) is 1. The van der Waals surface area contributed by atoms with E-state index in [2.05, 4.69) is 58.4 Å². The number of benzene rings is 1. The Morgan fingerprint density at radius 1 is 1.00 bits per heavy atom. The fourth-order valence-corrected chi connectivity index (χ4v) is 21.8. The van der Waals surface area contributed by atoms with Crippen molar-refractivity contribution in [2.45, 2.75) is 108 Å². The number of hydrogen-bond donors (Lipinski definition) is 0. The predicted molar refractivity (Wildman–Crippen MR) is 175 cm³/mol. The lowest BCUT2D eigenvalue weighted by atomic mass is 10.2. The van der Waals surface area contributed by atoms with Crippen LogP contribution in [0.3, 0.4) is 0 Å². The van der Waals surface area contributed by atoms with Gasteiger partial charge in [0.2, 0.25) is 5.91 Å². The van der Waals surface area contributed by atoms with E-state index in [9.17, 15) is 18.0 Å².